The summed E-state index contributed by atoms with van der Waals surface area (Å²) in [6.45, 7) is 1.27. The van der Waals surface area contributed by atoms with Gasteiger partial charge in [-0.1, -0.05) is 30.3 Å². The van der Waals surface area contributed by atoms with Gasteiger partial charge >= 0.3 is 0 Å². The Bertz CT molecular complexity index is 508. The summed E-state index contributed by atoms with van der Waals surface area (Å²) in [5.74, 6) is 0.106. The van der Waals surface area contributed by atoms with Crippen LogP contribution < -0.4 is 5.32 Å². The van der Waals surface area contributed by atoms with Crippen molar-refractivity contribution in [3.63, 3.8) is 0 Å². The quantitative estimate of drug-likeness (QED) is 0.756. The summed E-state index contributed by atoms with van der Waals surface area (Å²) in [5, 5.41) is 12.0. The molecule has 2 atom stereocenters. The Morgan fingerprint density at radius 1 is 1.39 bits per heavy atom. The van der Waals surface area contributed by atoms with Crippen molar-refractivity contribution in [2.75, 3.05) is 13.1 Å². The first-order valence-electron chi connectivity index (χ1n) is 6.24. The number of nitrogens with one attached hydrogen (secondary N) is 1. The average molecular weight is 241 g/mol. The molecule has 1 aromatic carbocycles. The summed E-state index contributed by atoms with van der Waals surface area (Å²) < 4.78 is 0. The Kier molecular flexibility index (Phi) is 2.48. The lowest BCUT2D eigenvalue weighted by atomic mass is 9.83. The normalized spacial score (nSPS) is 30.5. The fourth-order valence-electron chi connectivity index (χ4n) is 3.04. The number of carbonyl (C=O) groups is 1. The molecule has 92 valence electrons. The maximum atomic E-state index is 12.2. The van der Waals surface area contributed by atoms with Crippen LogP contribution in [0, 0.1) is 16.9 Å². The number of carbonyl (C=O) groups excluding carboxylic acids is 1. The van der Waals surface area contributed by atoms with Crippen LogP contribution in [-0.2, 0) is 4.79 Å². The highest BCUT2D eigenvalue weighted by Gasteiger charge is 2.51. The molecule has 3 rings (SSSR count). The lowest BCUT2D eigenvalue weighted by Crippen LogP contribution is -2.33. The van der Waals surface area contributed by atoms with Crippen LogP contribution in [0.15, 0.2) is 30.3 Å². The van der Waals surface area contributed by atoms with Crippen molar-refractivity contribution in [3.05, 3.63) is 35.9 Å². The lowest BCUT2D eigenvalue weighted by molar-refractivity contribution is -0.127. The van der Waals surface area contributed by atoms with Crippen molar-refractivity contribution in [3.8, 4) is 6.19 Å². The fourth-order valence-corrected chi connectivity index (χ4v) is 3.04. The van der Waals surface area contributed by atoms with Crippen LogP contribution in [-0.4, -0.2) is 23.9 Å². The van der Waals surface area contributed by atoms with Gasteiger partial charge in [0.25, 0.3) is 0 Å². The zero-order valence-corrected chi connectivity index (χ0v) is 10.1. The Morgan fingerprint density at radius 3 is 2.83 bits per heavy atom. The van der Waals surface area contributed by atoms with Gasteiger partial charge in [0.15, 0.2) is 6.19 Å². The molecule has 2 aliphatic rings. The van der Waals surface area contributed by atoms with Crippen molar-refractivity contribution in [1.29, 1.82) is 5.26 Å². The molecule has 18 heavy (non-hydrogen) atoms. The minimum Gasteiger partial charge on any atom is -0.349 e. The first-order chi connectivity index (χ1) is 8.73. The lowest BCUT2D eigenvalue weighted by Gasteiger charge is -2.18. The van der Waals surface area contributed by atoms with Gasteiger partial charge in [-0.15, -0.1) is 0 Å². The molecule has 0 radical (unpaired) electrons. The molecule has 0 saturated carbocycles. The average Bonchev–Trinajstić information content (AvgIpc) is 2.97. The summed E-state index contributed by atoms with van der Waals surface area (Å²) in [6.07, 6.45) is 3.73. The van der Waals surface area contributed by atoms with Crippen LogP contribution in [0.3, 0.4) is 0 Å². The van der Waals surface area contributed by atoms with E-state index in [-0.39, 0.29) is 17.4 Å². The van der Waals surface area contributed by atoms with Gasteiger partial charge in [-0.3, -0.25) is 4.79 Å². The molecule has 1 spiro atoms. The summed E-state index contributed by atoms with van der Waals surface area (Å²) in [4.78, 5) is 13.9. The van der Waals surface area contributed by atoms with Crippen molar-refractivity contribution in [2.45, 2.75) is 18.9 Å². The summed E-state index contributed by atoms with van der Waals surface area (Å²) in [5.41, 5.74) is 0.800. The third kappa shape index (κ3) is 1.63. The number of nitrogens with zero attached hydrogens (tertiary/aromatic N) is 2. The SMILES string of the molecule is N#CN1CCC2(CC(c3ccccc3)NC2=O)C1. The third-order valence-corrected chi connectivity index (χ3v) is 4.08. The second-order valence-electron chi connectivity index (χ2n) is 5.19. The Morgan fingerprint density at radius 2 is 2.17 bits per heavy atom. The topological polar surface area (TPSA) is 56.1 Å². The van der Waals surface area contributed by atoms with E-state index in [1.165, 1.54) is 0 Å². The zero-order chi connectivity index (χ0) is 12.6. The van der Waals surface area contributed by atoms with E-state index in [1.807, 2.05) is 30.3 Å². The molecule has 2 saturated heterocycles. The van der Waals surface area contributed by atoms with Crippen molar-refractivity contribution in [1.82, 2.24) is 10.2 Å². The highest BCUT2D eigenvalue weighted by atomic mass is 16.2. The maximum absolute atomic E-state index is 12.2. The molecular formula is C14H15N3O. The Balaban J connectivity index is 1.82. The number of likely N-dealkylation sites (tertiary alicyclic amines) is 1. The van der Waals surface area contributed by atoms with Gasteiger partial charge in [0, 0.05) is 13.1 Å². The van der Waals surface area contributed by atoms with Crippen LogP contribution in [0.1, 0.15) is 24.4 Å². The molecule has 0 bridgehead atoms. The molecule has 2 heterocycles. The minimum atomic E-state index is -0.351. The van der Waals surface area contributed by atoms with E-state index in [1.54, 1.807) is 4.90 Å². The molecule has 0 aliphatic carbocycles. The number of benzene rings is 1. The van der Waals surface area contributed by atoms with Crippen LogP contribution in [0.2, 0.25) is 0 Å². The molecule has 1 N–H and O–H groups in total. The molecule has 2 aliphatic heterocycles. The standard InChI is InChI=1S/C14H15N3O/c15-10-17-7-6-14(9-17)8-12(16-13(14)18)11-4-2-1-3-5-11/h1-5,12H,6-9H2,(H,16,18). The molecule has 0 aromatic heterocycles. The van der Waals surface area contributed by atoms with E-state index < -0.39 is 0 Å². The predicted molar refractivity (Wildman–Crippen MR) is 66.2 cm³/mol. The van der Waals surface area contributed by atoms with Gasteiger partial charge in [0.05, 0.1) is 11.5 Å². The molecular weight excluding hydrogens is 226 g/mol. The van der Waals surface area contributed by atoms with Crippen molar-refractivity contribution in [2.24, 2.45) is 5.41 Å². The summed E-state index contributed by atoms with van der Waals surface area (Å²) in [6, 6.07) is 10.1. The Hall–Kier alpha value is -2.02. The molecule has 4 heteroatoms. The van der Waals surface area contributed by atoms with E-state index in [2.05, 4.69) is 11.5 Å². The fraction of sp³-hybridized carbons (Fsp3) is 0.429. The molecule has 1 amide bonds. The Labute approximate surface area is 106 Å². The maximum Gasteiger partial charge on any atom is 0.228 e. The first-order valence-corrected chi connectivity index (χ1v) is 6.24. The highest BCUT2D eigenvalue weighted by Crippen LogP contribution is 2.43. The van der Waals surface area contributed by atoms with Crippen molar-refractivity contribution < 1.29 is 4.79 Å². The second kappa shape index (κ2) is 4.02. The van der Waals surface area contributed by atoms with Gasteiger partial charge in [0.1, 0.15) is 0 Å². The van der Waals surface area contributed by atoms with Crippen LogP contribution in [0.5, 0.6) is 0 Å². The van der Waals surface area contributed by atoms with Gasteiger partial charge < -0.3 is 10.2 Å². The summed E-state index contributed by atoms with van der Waals surface area (Å²) >= 11 is 0. The number of amides is 1. The number of hydrogen-bond acceptors (Lipinski definition) is 3. The van der Waals surface area contributed by atoms with E-state index in [0.717, 1.165) is 18.4 Å². The van der Waals surface area contributed by atoms with E-state index in [0.29, 0.717) is 13.1 Å². The molecule has 1 aromatic rings. The van der Waals surface area contributed by atoms with E-state index in [4.69, 9.17) is 5.26 Å². The van der Waals surface area contributed by atoms with E-state index >= 15 is 0 Å². The minimum absolute atomic E-state index is 0.0948. The van der Waals surface area contributed by atoms with Crippen LogP contribution in [0.4, 0.5) is 0 Å². The van der Waals surface area contributed by atoms with E-state index in [9.17, 15) is 4.79 Å². The largest absolute Gasteiger partial charge is 0.349 e. The number of nitriles is 1. The van der Waals surface area contributed by atoms with Gasteiger partial charge in [-0.2, -0.15) is 5.26 Å². The monoisotopic (exact) mass is 241 g/mol. The van der Waals surface area contributed by atoms with Gasteiger partial charge in [-0.05, 0) is 18.4 Å². The predicted octanol–water partition coefficient (Wildman–Crippen LogP) is 1.42. The first kappa shape index (κ1) is 11.1. The molecule has 4 nitrogen and oxygen atoms in total. The second-order valence-corrected chi connectivity index (χ2v) is 5.19. The van der Waals surface area contributed by atoms with Crippen molar-refractivity contribution >= 4 is 5.91 Å². The van der Waals surface area contributed by atoms with Crippen LogP contribution >= 0.6 is 0 Å². The molecule has 2 unspecified atom stereocenters. The number of hydrogen-bond donors (Lipinski definition) is 1. The third-order valence-electron chi connectivity index (χ3n) is 4.08. The molecule has 2 fully saturated rings. The van der Waals surface area contributed by atoms with Gasteiger partial charge in [-0.25, -0.2) is 0 Å². The van der Waals surface area contributed by atoms with Gasteiger partial charge in [0.2, 0.25) is 5.91 Å². The highest BCUT2D eigenvalue weighted by molar-refractivity contribution is 5.86. The zero-order valence-electron chi connectivity index (χ0n) is 10.1. The van der Waals surface area contributed by atoms with Crippen LogP contribution in [0.25, 0.3) is 0 Å². The smallest absolute Gasteiger partial charge is 0.228 e. The summed E-state index contributed by atoms with van der Waals surface area (Å²) in [7, 11) is 0. The number of rotatable bonds is 1.